The molecule has 0 saturated carbocycles. The van der Waals surface area contributed by atoms with Gasteiger partial charge in [-0.15, -0.1) is 0 Å². The molecule has 0 bridgehead atoms. The molecular weight excluding hydrogens is 313 g/mol. The summed E-state index contributed by atoms with van der Waals surface area (Å²) in [4.78, 5) is 30.2. The van der Waals surface area contributed by atoms with Gasteiger partial charge in [-0.3, -0.25) is 14.6 Å². The van der Waals surface area contributed by atoms with Crippen LogP contribution in [-0.4, -0.2) is 28.0 Å². The Morgan fingerprint density at radius 2 is 1.96 bits per heavy atom. The van der Waals surface area contributed by atoms with Crippen LogP contribution < -0.4 is 10.6 Å². The molecule has 0 fully saturated rings. The van der Waals surface area contributed by atoms with Crippen LogP contribution in [0.3, 0.4) is 0 Å². The van der Waals surface area contributed by atoms with Crippen LogP contribution in [0.1, 0.15) is 16.1 Å². The Morgan fingerprint density at radius 3 is 2.61 bits per heavy atom. The van der Waals surface area contributed by atoms with Crippen LogP contribution in [0.15, 0.2) is 42.9 Å². The van der Waals surface area contributed by atoms with Gasteiger partial charge in [0.15, 0.2) is 0 Å². The number of nitrogens with zero attached hydrogens (tertiary/aromatic N) is 2. The quantitative estimate of drug-likeness (QED) is 0.900. The Morgan fingerprint density at radius 1 is 1.17 bits per heavy atom. The molecule has 0 aliphatic carbocycles. The fourth-order valence-electron chi connectivity index (χ4n) is 1.65. The van der Waals surface area contributed by atoms with Gasteiger partial charge in [0.05, 0.1) is 6.20 Å². The molecule has 2 aromatic rings. The highest BCUT2D eigenvalue weighted by atomic mass is 19.4. The zero-order valence-electron chi connectivity index (χ0n) is 11.6. The lowest BCUT2D eigenvalue weighted by Crippen LogP contribution is -2.30. The van der Waals surface area contributed by atoms with Gasteiger partial charge < -0.3 is 10.6 Å². The van der Waals surface area contributed by atoms with Crippen molar-refractivity contribution in [1.29, 1.82) is 0 Å². The van der Waals surface area contributed by atoms with Gasteiger partial charge in [0.2, 0.25) is 0 Å². The van der Waals surface area contributed by atoms with Crippen molar-refractivity contribution in [3.05, 3.63) is 54.1 Å². The second-order valence-corrected chi connectivity index (χ2v) is 4.43. The lowest BCUT2D eigenvalue weighted by atomic mass is 10.2. The highest BCUT2D eigenvalue weighted by molar-refractivity contribution is 5.95. The van der Waals surface area contributed by atoms with Gasteiger partial charge in [0, 0.05) is 24.6 Å². The van der Waals surface area contributed by atoms with Crippen molar-refractivity contribution < 1.29 is 22.8 Å². The number of rotatable bonds is 4. The number of carbonyl (C=O) groups is 2. The lowest BCUT2D eigenvalue weighted by molar-refractivity contribution is -0.167. The average molecular weight is 324 g/mol. The molecule has 1 aromatic carbocycles. The minimum absolute atomic E-state index is 0.0152. The largest absolute Gasteiger partial charge is 0.471 e. The van der Waals surface area contributed by atoms with Crippen molar-refractivity contribution in [2.24, 2.45) is 0 Å². The van der Waals surface area contributed by atoms with Gasteiger partial charge in [-0.25, -0.2) is 4.98 Å². The minimum Gasteiger partial charge on any atom is -0.347 e. The second-order valence-electron chi connectivity index (χ2n) is 4.43. The van der Waals surface area contributed by atoms with Crippen molar-refractivity contribution >= 4 is 17.5 Å². The summed E-state index contributed by atoms with van der Waals surface area (Å²) in [6, 6.07) is 5.72. The first-order chi connectivity index (χ1) is 10.9. The van der Waals surface area contributed by atoms with Crippen LogP contribution in [0.5, 0.6) is 0 Å². The summed E-state index contributed by atoms with van der Waals surface area (Å²) in [6.07, 6.45) is -0.892. The number of alkyl halides is 3. The molecule has 0 saturated heterocycles. The summed E-state index contributed by atoms with van der Waals surface area (Å²) in [5.41, 5.74) is 0.620. The van der Waals surface area contributed by atoms with E-state index in [9.17, 15) is 22.8 Å². The molecule has 9 heteroatoms. The zero-order chi connectivity index (χ0) is 16.9. The van der Waals surface area contributed by atoms with Crippen molar-refractivity contribution in [3.8, 4) is 0 Å². The van der Waals surface area contributed by atoms with E-state index in [2.05, 4.69) is 15.3 Å². The van der Waals surface area contributed by atoms with Gasteiger partial charge in [-0.1, -0.05) is 12.1 Å². The fraction of sp³-hybridized carbons (Fsp3) is 0.143. The van der Waals surface area contributed by atoms with E-state index in [4.69, 9.17) is 0 Å². The van der Waals surface area contributed by atoms with E-state index in [-0.39, 0.29) is 17.9 Å². The monoisotopic (exact) mass is 324 g/mol. The SMILES string of the molecule is O=C(NCc1cccc(NC(=O)C(F)(F)F)c1)c1cnccn1. The molecule has 23 heavy (non-hydrogen) atoms. The number of hydrogen-bond donors (Lipinski definition) is 2. The smallest absolute Gasteiger partial charge is 0.347 e. The maximum atomic E-state index is 12.2. The number of carbonyl (C=O) groups excluding carboxylic acids is 2. The number of halogens is 3. The van der Waals surface area contributed by atoms with E-state index >= 15 is 0 Å². The van der Waals surface area contributed by atoms with E-state index in [0.29, 0.717) is 5.56 Å². The normalized spacial score (nSPS) is 10.9. The van der Waals surface area contributed by atoms with Gasteiger partial charge in [0.25, 0.3) is 5.91 Å². The van der Waals surface area contributed by atoms with Gasteiger partial charge in [-0.2, -0.15) is 13.2 Å². The molecule has 0 aliphatic rings. The highest BCUT2D eigenvalue weighted by Gasteiger charge is 2.38. The van der Waals surface area contributed by atoms with Crippen molar-refractivity contribution in [2.75, 3.05) is 5.32 Å². The molecule has 1 heterocycles. The van der Waals surface area contributed by atoms with Crippen LogP contribution in [0.2, 0.25) is 0 Å². The number of aromatic nitrogens is 2. The summed E-state index contributed by atoms with van der Waals surface area (Å²) < 4.78 is 36.6. The molecule has 6 nitrogen and oxygen atoms in total. The summed E-state index contributed by atoms with van der Waals surface area (Å²) in [5, 5.41) is 4.29. The Balaban J connectivity index is 1.98. The van der Waals surface area contributed by atoms with E-state index < -0.39 is 18.0 Å². The molecular formula is C14H11F3N4O2. The highest BCUT2D eigenvalue weighted by Crippen LogP contribution is 2.18. The van der Waals surface area contributed by atoms with E-state index in [1.54, 1.807) is 11.4 Å². The van der Waals surface area contributed by atoms with Crippen molar-refractivity contribution in [2.45, 2.75) is 12.7 Å². The Bertz CT molecular complexity index is 705. The first-order valence-electron chi connectivity index (χ1n) is 6.37. The zero-order valence-corrected chi connectivity index (χ0v) is 11.6. The first-order valence-corrected chi connectivity index (χ1v) is 6.37. The van der Waals surface area contributed by atoms with E-state index in [0.717, 1.165) is 0 Å². The fourth-order valence-corrected chi connectivity index (χ4v) is 1.65. The molecule has 0 aliphatic heterocycles. The van der Waals surface area contributed by atoms with Crippen LogP contribution >= 0.6 is 0 Å². The number of anilines is 1. The standard InChI is InChI=1S/C14H11F3N4O2/c15-14(16,17)13(23)21-10-3-1-2-9(6-10)7-20-12(22)11-8-18-4-5-19-11/h1-6,8H,7H2,(H,20,22)(H,21,23). The predicted molar refractivity (Wildman–Crippen MR) is 74.3 cm³/mol. The topological polar surface area (TPSA) is 84.0 Å². The van der Waals surface area contributed by atoms with Gasteiger partial charge in [0.1, 0.15) is 5.69 Å². The van der Waals surface area contributed by atoms with Crippen molar-refractivity contribution in [1.82, 2.24) is 15.3 Å². The number of hydrogen-bond acceptors (Lipinski definition) is 4. The maximum Gasteiger partial charge on any atom is 0.471 e. The van der Waals surface area contributed by atoms with E-state index in [1.165, 1.54) is 36.8 Å². The number of nitrogens with one attached hydrogen (secondary N) is 2. The third kappa shape index (κ3) is 4.77. The van der Waals surface area contributed by atoms with Crippen LogP contribution in [0.25, 0.3) is 0 Å². The number of benzene rings is 1. The molecule has 2 N–H and O–H groups in total. The lowest BCUT2D eigenvalue weighted by Gasteiger charge is -2.10. The molecule has 1 aromatic heterocycles. The van der Waals surface area contributed by atoms with Crippen molar-refractivity contribution in [3.63, 3.8) is 0 Å². The molecule has 0 radical (unpaired) electrons. The third-order valence-corrected chi connectivity index (χ3v) is 2.69. The summed E-state index contributed by atoms with van der Waals surface area (Å²) >= 11 is 0. The maximum absolute atomic E-state index is 12.2. The van der Waals surface area contributed by atoms with E-state index in [1.807, 2.05) is 0 Å². The Labute approximate surface area is 128 Å². The average Bonchev–Trinajstić information content (AvgIpc) is 2.53. The minimum atomic E-state index is -4.96. The Kier molecular flexibility index (Phi) is 4.89. The third-order valence-electron chi connectivity index (χ3n) is 2.69. The number of amides is 2. The van der Waals surface area contributed by atoms with Gasteiger partial charge >= 0.3 is 12.1 Å². The molecule has 0 unspecified atom stereocenters. The van der Waals surface area contributed by atoms with Gasteiger partial charge in [-0.05, 0) is 17.7 Å². The summed E-state index contributed by atoms with van der Waals surface area (Å²) in [6.45, 7) is 0.0607. The molecule has 0 atom stereocenters. The summed E-state index contributed by atoms with van der Waals surface area (Å²) in [7, 11) is 0. The first kappa shape index (κ1) is 16.4. The molecule has 0 spiro atoms. The molecule has 2 rings (SSSR count). The second kappa shape index (κ2) is 6.86. The van der Waals surface area contributed by atoms with Crippen LogP contribution in [0, 0.1) is 0 Å². The summed E-state index contributed by atoms with van der Waals surface area (Å²) in [5.74, 6) is -2.53. The Hall–Kier alpha value is -2.97. The molecule has 2 amide bonds. The van der Waals surface area contributed by atoms with Crippen LogP contribution in [0.4, 0.5) is 18.9 Å². The predicted octanol–water partition coefficient (Wildman–Crippen LogP) is 1.91. The van der Waals surface area contributed by atoms with Crippen LogP contribution in [-0.2, 0) is 11.3 Å². The molecule has 120 valence electrons.